The summed E-state index contributed by atoms with van der Waals surface area (Å²) in [6.45, 7) is 2.87. The molecule has 0 spiro atoms. The Balaban J connectivity index is 1.44. The number of morpholine rings is 1. The van der Waals surface area contributed by atoms with Crippen LogP contribution in [0.25, 0.3) is 21.6 Å². The SMILES string of the molecule is C[C@@H]1CN(c2nc(-c3c(F)cc(F)cc3F)c3sc(N(C)C)nc3n2)C[C@@H](c2cnn(C3CC3)c2)O1. The van der Waals surface area contributed by atoms with Crippen LogP contribution in [-0.2, 0) is 4.74 Å². The number of hydrogen-bond donors (Lipinski definition) is 0. The van der Waals surface area contributed by atoms with Gasteiger partial charge in [-0.3, -0.25) is 4.68 Å². The first kappa shape index (κ1) is 23.2. The van der Waals surface area contributed by atoms with Crippen LogP contribution in [-0.4, -0.2) is 58.0 Å². The average molecular weight is 516 g/mol. The van der Waals surface area contributed by atoms with Crippen molar-refractivity contribution in [2.75, 3.05) is 37.0 Å². The molecule has 1 aliphatic heterocycles. The first-order chi connectivity index (χ1) is 17.3. The Labute approximate surface area is 209 Å². The molecule has 0 radical (unpaired) electrons. The lowest BCUT2D eigenvalue weighted by Crippen LogP contribution is -2.43. The predicted molar refractivity (Wildman–Crippen MR) is 131 cm³/mol. The van der Waals surface area contributed by atoms with E-state index in [0.717, 1.165) is 18.4 Å². The van der Waals surface area contributed by atoms with E-state index in [9.17, 15) is 13.2 Å². The van der Waals surface area contributed by atoms with Crippen LogP contribution in [0.5, 0.6) is 0 Å². The number of thiazole rings is 1. The summed E-state index contributed by atoms with van der Waals surface area (Å²) in [5.74, 6) is -2.77. The molecule has 1 aromatic carbocycles. The molecule has 3 aromatic heterocycles. The van der Waals surface area contributed by atoms with Gasteiger partial charge in [0.15, 0.2) is 10.8 Å². The van der Waals surface area contributed by atoms with E-state index in [1.807, 2.05) is 43.0 Å². The van der Waals surface area contributed by atoms with Crippen LogP contribution < -0.4 is 9.80 Å². The molecule has 0 unspecified atom stereocenters. The van der Waals surface area contributed by atoms with Crippen LogP contribution in [0.4, 0.5) is 24.3 Å². The Hall–Kier alpha value is -3.25. The average Bonchev–Trinajstić information content (AvgIpc) is 3.37. The van der Waals surface area contributed by atoms with Gasteiger partial charge in [-0.1, -0.05) is 11.3 Å². The number of aromatic nitrogens is 5. The first-order valence-corrected chi connectivity index (χ1v) is 12.5. The molecule has 4 aromatic rings. The molecule has 1 saturated carbocycles. The lowest BCUT2D eigenvalue weighted by atomic mass is 10.1. The fraction of sp³-hybridized carbons (Fsp3) is 0.417. The summed E-state index contributed by atoms with van der Waals surface area (Å²) in [4.78, 5) is 17.6. The summed E-state index contributed by atoms with van der Waals surface area (Å²) in [6.07, 6.45) is 5.68. The van der Waals surface area contributed by atoms with Crippen LogP contribution in [0.2, 0.25) is 0 Å². The highest BCUT2D eigenvalue weighted by atomic mass is 32.1. The summed E-state index contributed by atoms with van der Waals surface area (Å²) < 4.78 is 52.0. The van der Waals surface area contributed by atoms with Gasteiger partial charge in [-0.15, -0.1) is 0 Å². The molecule has 36 heavy (non-hydrogen) atoms. The van der Waals surface area contributed by atoms with Gasteiger partial charge >= 0.3 is 0 Å². The quantitative estimate of drug-likeness (QED) is 0.380. The Morgan fingerprint density at radius 1 is 1.06 bits per heavy atom. The van der Waals surface area contributed by atoms with Crippen LogP contribution in [0.3, 0.4) is 0 Å². The molecular weight excluding hydrogens is 491 g/mol. The Bertz CT molecular complexity index is 1430. The highest BCUT2D eigenvalue weighted by Gasteiger charge is 2.32. The lowest BCUT2D eigenvalue weighted by Gasteiger charge is -2.36. The molecule has 2 fully saturated rings. The van der Waals surface area contributed by atoms with Crippen molar-refractivity contribution in [2.24, 2.45) is 0 Å². The van der Waals surface area contributed by atoms with E-state index >= 15 is 0 Å². The maximum atomic E-state index is 14.9. The number of hydrogen-bond acceptors (Lipinski definition) is 8. The summed E-state index contributed by atoms with van der Waals surface area (Å²) in [6, 6.07) is 1.77. The third-order valence-electron chi connectivity index (χ3n) is 6.31. The smallest absolute Gasteiger partial charge is 0.228 e. The van der Waals surface area contributed by atoms with Gasteiger partial charge in [-0.25, -0.2) is 18.2 Å². The Morgan fingerprint density at radius 2 is 1.81 bits per heavy atom. The molecule has 2 aliphatic rings. The third kappa shape index (κ3) is 4.17. The second-order valence-corrected chi connectivity index (χ2v) is 10.5. The molecular formula is C24H24F3N7OS. The van der Waals surface area contributed by atoms with Gasteiger partial charge in [0.05, 0.1) is 30.5 Å². The van der Waals surface area contributed by atoms with E-state index in [-0.39, 0.29) is 23.9 Å². The van der Waals surface area contributed by atoms with Crippen molar-refractivity contribution in [3.8, 4) is 11.3 Å². The number of halogens is 3. The van der Waals surface area contributed by atoms with Gasteiger partial charge in [-0.2, -0.15) is 15.1 Å². The van der Waals surface area contributed by atoms with Gasteiger partial charge in [0.1, 0.15) is 33.9 Å². The van der Waals surface area contributed by atoms with Crippen molar-refractivity contribution in [1.82, 2.24) is 24.7 Å². The maximum absolute atomic E-state index is 14.9. The lowest BCUT2D eigenvalue weighted by molar-refractivity contribution is -0.0178. The molecule has 1 aliphatic carbocycles. The number of fused-ring (bicyclic) bond motifs is 1. The molecule has 8 nitrogen and oxygen atoms in total. The van der Waals surface area contributed by atoms with Crippen molar-refractivity contribution in [2.45, 2.75) is 38.0 Å². The molecule has 0 bridgehead atoms. The molecule has 6 rings (SSSR count). The Kier molecular flexibility index (Phi) is 5.60. The van der Waals surface area contributed by atoms with Gasteiger partial charge < -0.3 is 14.5 Å². The van der Waals surface area contributed by atoms with E-state index in [4.69, 9.17) is 4.74 Å². The van der Waals surface area contributed by atoms with Gasteiger partial charge in [-0.05, 0) is 19.8 Å². The van der Waals surface area contributed by atoms with Crippen molar-refractivity contribution in [3.63, 3.8) is 0 Å². The molecule has 188 valence electrons. The number of rotatable bonds is 5. The van der Waals surface area contributed by atoms with Crippen molar-refractivity contribution in [1.29, 1.82) is 0 Å². The fourth-order valence-electron chi connectivity index (χ4n) is 4.43. The fourth-order valence-corrected chi connectivity index (χ4v) is 5.35. The Morgan fingerprint density at radius 3 is 2.50 bits per heavy atom. The largest absolute Gasteiger partial charge is 0.367 e. The van der Waals surface area contributed by atoms with Crippen molar-refractivity contribution < 1.29 is 17.9 Å². The molecule has 0 N–H and O–H groups in total. The minimum Gasteiger partial charge on any atom is -0.367 e. The maximum Gasteiger partial charge on any atom is 0.228 e. The standard InChI is InChI=1S/C24H24F3N7OS/c1-12-9-33(11-18(35-12)13-8-28-34(10-13)15-4-5-15)23-29-20(19-16(26)6-14(25)7-17(19)27)21-22(30-23)31-24(36-21)32(2)3/h6-8,10,12,15,18H,4-5,9,11H2,1-3H3/t12-,18+/m1/s1. The number of ether oxygens (including phenoxy) is 1. The van der Waals surface area contributed by atoms with Crippen molar-refractivity contribution >= 4 is 32.8 Å². The summed E-state index contributed by atoms with van der Waals surface area (Å²) in [5, 5.41) is 5.09. The van der Waals surface area contributed by atoms with Crippen molar-refractivity contribution in [3.05, 3.63) is 47.5 Å². The number of nitrogens with zero attached hydrogens (tertiary/aromatic N) is 7. The van der Waals surface area contributed by atoms with Gasteiger partial charge in [0, 0.05) is 44.5 Å². The van der Waals surface area contributed by atoms with Crippen LogP contribution in [0, 0.1) is 17.5 Å². The zero-order valence-corrected chi connectivity index (χ0v) is 20.8. The third-order valence-corrected chi connectivity index (χ3v) is 7.53. The van der Waals surface area contributed by atoms with E-state index in [2.05, 4.69) is 20.1 Å². The molecule has 2 atom stereocenters. The summed E-state index contributed by atoms with van der Waals surface area (Å²) in [7, 11) is 3.64. The minimum absolute atomic E-state index is 0.0489. The van der Waals surface area contributed by atoms with Gasteiger partial charge in [0.2, 0.25) is 5.95 Å². The van der Waals surface area contributed by atoms with E-state index in [0.29, 0.717) is 46.7 Å². The predicted octanol–water partition coefficient (Wildman–Crippen LogP) is 4.73. The normalized spacial score (nSPS) is 20.3. The number of benzene rings is 1. The molecule has 12 heteroatoms. The zero-order chi connectivity index (χ0) is 25.1. The summed E-state index contributed by atoms with van der Waals surface area (Å²) >= 11 is 1.22. The second kappa shape index (κ2) is 8.70. The van der Waals surface area contributed by atoms with E-state index in [1.165, 1.54) is 11.3 Å². The van der Waals surface area contributed by atoms with Crippen LogP contribution in [0.1, 0.15) is 37.5 Å². The number of anilines is 2. The molecule has 4 heterocycles. The first-order valence-electron chi connectivity index (χ1n) is 11.7. The second-order valence-electron chi connectivity index (χ2n) is 9.49. The van der Waals surface area contributed by atoms with E-state index < -0.39 is 23.0 Å². The van der Waals surface area contributed by atoms with Gasteiger partial charge in [0.25, 0.3) is 0 Å². The monoisotopic (exact) mass is 515 g/mol. The zero-order valence-electron chi connectivity index (χ0n) is 20.0. The highest BCUT2D eigenvalue weighted by molar-refractivity contribution is 7.22. The van der Waals surface area contributed by atoms with Crippen LogP contribution in [0.15, 0.2) is 24.5 Å². The summed E-state index contributed by atoms with van der Waals surface area (Å²) in [5.41, 5.74) is 0.929. The topological polar surface area (TPSA) is 72.2 Å². The van der Waals surface area contributed by atoms with E-state index in [1.54, 1.807) is 4.90 Å². The minimum atomic E-state index is -1.03. The van der Waals surface area contributed by atoms with Crippen LogP contribution >= 0.6 is 11.3 Å². The molecule has 0 amide bonds. The molecule has 1 saturated heterocycles. The highest BCUT2D eigenvalue weighted by Crippen LogP contribution is 2.39.